The molecule has 0 saturated carbocycles. The van der Waals surface area contributed by atoms with Crippen LogP contribution in [0.15, 0.2) is 36.4 Å². The van der Waals surface area contributed by atoms with E-state index in [4.69, 9.17) is 46.4 Å². The number of carbonyl (C=O) groups is 2. The van der Waals surface area contributed by atoms with Gasteiger partial charge in [0.1, 0.15) is 0 Å². The first-order valence-electron chi connectivity index (χ1n) is 7.73. The molecule has 0 aliphatic carbocycles. The molecule has 0 heterocycles. The van der Waals surface area contributed by atoms with Crippen molar-refractivity contribution in [2.75, 3.05) is 20.1 Å². The molecule has 0 saturated heterocycles. The standard InChI is InChI=1S/C18H16Cl4N2O2/c1-24(18(26)14-6-4-12(20)10-16(14)22)8-2-7-23-17(25)13-5-3-11(19)9-15(13)21/h3-6,9-10H,2,7-8H2,1H3,(H,23,25). The van der Waals surface area contributed by atoms with Crippen molar-refractivity contribution in [3.8, 4) is 0 Å². The average Bonchev–Trinajstić information content (AvgIpc) is 2.57. The second kappa shape index (κ2) is 9.47. The fraction of sp³-hybridized carbons (Fsp3) is 0.222. The smallest absolute Gasteiger partial charge is 0.255 e. The highest BCUT2D eigenvalue weighted by Crippen LogP contribution is 2.22. The number of nitrogens with zero attached hydrogens (tertiary/aromatic N) is 1. The summed E-state index contributed by atoms with van der Waals surface area (Å²) in [4.78, 5) is 26.0. The van der Waals surface area contributed by atoms with E-state index in [2.05, 4.69) is 5.32 Å². The Balaban J connectivity index is 1.83. The van der Waals surface area contributed by atoms with Gasteiger partial charge < -0.3 is 10.2 Å². The van der Waals surface area contributed by atoms with E-state index in [1.54, 1.807) is 31.3 Å². The number of benzene rings is 2. The topological polar surface area (TPSA) is 49.4 Å². The molecule has 26 heavy (non-hydrogen) atoms. The zero-order valence-corrected chi connectivity index (χ0v) is 16.9. The Morgan fingerprint density at radius 3 is 2.00 bits per heavy atom. The van der Waals surface area contributed by atoms with Gasteiger partial charge in [0, 0.05) is 30.2 Å². The van der Waals surface area contributed by atoms with Gasteiger partial charge in [0.25, 0.3) is 11.8 Å². The lowest BCUT2D eigenvalue weighted by atomic mass is 10.2. The first-order valence-corrected chi connectivity index (χ1v) is 9.24. The maximum Gasteiger partial charge on any atom is 0.255 e. The van der Waals surface area contributed by atoms with Crippen LogP contribution in [0.25, 0.3) is 0 Å². The van der Waals surface area contributed by atoms with Crippen LogP contribution in [0.3, 0.4) is 0 Å². The van der Waals surface area contributed by atoms with E-state index in [9.17, 15) is 9.59 Å². The summed E-state index contributed by atoms with van der Waals surface area (Å²) in [6.07, 6.45) is 0.574. The van der Waals surface area contributed by atoms with Crippen molar-refractivity contribution in [1.29, 1.82) is 0 Å². The Labute approximate surface area is 172 Å². The molecule has 138 valence electrons. The van der Waals surface area contributed by atoms with Crippen molar-refractivity contribution in [3.63, 3.8) is 0 Å². The van der Waals surface area contributed by atoms with E-state index < -0.39 is 0 Å². The molecule has 0 bridgehead atoms. The molecular formula is C18H16Cl4N2O2. The zero-order valence-electron chi connectivity index (χ0n) is 13.9. The van der Waals surface area contributed by atoms with Gasteiger partial charge in [0.05, 0.1) is 21.2 Å². The van der Waals surface area contributed by atoms with Crippen molar-refractivity contribution in [2.45, 2.75) is 6.42 Å². The van der Waals surface area contributed by atoms with Gasteiger partial charge in [-0.15, -0.1) is 0 Å². The first-order chi connectivity index (χ1) is 12.3. The quantitative estimate of drug-likeness (QED) is 0.637. The van der Waals surface area contributed by atoms with E-state index in [1.165, 1.54) is 17.0 Å². The molecule has 8 heteroatoms. The molecule has 1 N–H and O–H groups in total. The predicted octanol–water partition coefficient (Wildman–Crippen LogP) is 5.19. The molecule has 0 aliphatic heterocycles. The van der Waals surface area contributed by atoms with Crippen LogP contribution in [0, 0.1) is 0 Å². The van der Waals surface area contributed by atoms with Crippen LogP contribution in [0.2, 0.25) is 20.1 Å². The van der Waals surface area contributed by atoms with Crippen molar-refractivity contribution >= 4 is 58.2 Å². The molecular weight excluding hydrogens is 418 g/mol. The van der Waals surface area contributed by atoms with Crippen LogP contribution in [0.5, 0.6) is 0 Å². The Hall–Kier alpha value is -1.46. The zero-order chi connectivity index (χ0) is 19.3. The number of hydrogen-bond acceptors (Lipinski definition) is 2. The Kier molecular flexibility index (Phi) is 7.59. The molecule has 0 fully saturated rings. The van der Waals surface area contributed by atoms with Gasteiger partial charge in [0.2, 0.25) is 0 Å². The molecule has 0 radical (unpaired) electrons. The van der Waals surface area contributed by atoms with Crippen molar-refractivity contribution in [2.24, 2.45) is 0 Å². The molecule has 0 unspecified atom stereocenters. The van der Waals surface area contributed by atoms with Gasteiger partial charge in [0.15, 0.2) is 0 Å². The summed E-state index contributed by atoms with van der Waals surface area (Å²) >= 11 is 23.7. The number of carbonyl (C=O) groups excluding carboxylic acids is 2. The third kappa shape index (κ3) is 5.52. The molecule has 2 amide bonds. The summed E-state index contributed by atoms with van der Waals surface area (Å²) in [6.45, 7) is 0.843. The molecule has 4 nitrogen and oxygen atoms in total. The van der Waals surface area contributed by atoms with E-state index in [1.807, 2.05) is 0 Å². The van der Waals surface area contributed by atoms with Gasteiger partial charge in [-0.2, -0.15) is 0 Å². The second-order valence-corrected chi connectivity index (χ2v) is 7.27. The molecule has 0 aromatic heterocycles. The summed E-state index contributed by atoms with van der Waals surface area (Å²) in [6, 6.07) is 9.42. The van der Waals surface area contributed by atoms with Crippen LogP contribution >= 0.6 is 46.4 Å². The number of amides is 2. The Morgan fingerprint density at radius 2 is 1.46 bits per heavy atom. The molecule has 2 rings (SSSR count). The number of halogens is 4. The fourth-order valence-corrected chi connectivity index (χ4v) is 3.24. The van der Waals surface area contributed by atoms with Crippen molar-refractivity contribution in [1.82, 2.24) is 10.2 Å². The third-order valence-corrected chi connectivity index (χ3v) is 4.74. The van der Waals surface area contributed by atoms with Gasteiger partial charge in [-0.05, 0) is 42.8 Å². The second-order valence-electron chi connectivity index (χ2n) is 5.58. The monoisotopic (exact) mass is 432 g/mol. The van der Waals surface area contributed by atoms with Gasteiger partial charge in [-0.3, -0.25) is 9.59 Å². The lowest BCUT2D eigenvalue weighted by Crippen LogP contribution is -2.31. The van der Waals surface area contributed by atoms with E-state index in [0.717, 1.165) is 0 Å². The highest BCUT2D eigenvalue weighted by molar-refractivity contribution is 6.37. The van der Waals surface area contributed by atoms with Crippen molar-refractivity contribution < 1.29 is 9.59 Å². The maximum absolute atomic E-state index is 12.4. The predicted molar refractivity (Wildman–Crippen MR) is 107 cm³/mol. The molecule has 2 aromatic rings. The fourth-order valence-electron chi connectivity index (χ4n) is 2.26. The highest BCUT2D eigenvalue weighted by Gasteiger charge is 2.15. The van der Waals surface area contributed by atoms with Gasteiger partial charge >= 0.3 is 0 Å². The minimum absolute atomic E-state index is 0.210. The van der Waals surface area contributed by atoms with E-state index in [0.29, 0.717) is 50.7 Å². The highest BCUT2D eigenvalue weighted by atomic mass is 35.5. The van der Waals surface area contributed by atoms with Crippen LogP contribution in [0.1, 0.15) is 27.1 Å². The largest absolute Gasteiger partial charge is 0.352 e. The van der Waals surface area contributed by atoms with Crippen LogP contribution < -0.4 is 5.32 Å². The van der Waals surface area contributed by atoms with E-state index >= 15 is 0 Å². The third-order valence-electron chi connectivity index (χ3n) is 3.64. The Bertz CT molecular complexity index is 827. The number of nitrogens with one attached hydrogen (secondary N) is 1. The van der Waals surface area contributed by atoms with E-state index in [-0.39, 0.29) is 11.8 Å². The Morgan fingerprint density at radius 1 is 0.923 bits per heavy atom. The van der Waals surface area contributed by atoms with Crippen LogP contribution in [0.4, 0.5) is 0 Å². The molecule has 0 atom stereocenters. The lowest BCUT2D eigenvalue weighted by molar-refractivity contribution is 0.0793. The SMILES string of the molecule is CN(CCCNC(=O)c1ccc(Cl)cc1Cl)C(=O)c1ccc(Cl)cc1Cl. The number of hydrogen-bond donors (Lipinski definition) is 1. The lowest BCUT2D eigenvalue weighted by Gasteiger charge is -2.18. The minimum Gasteiger partial charge on any atom is -0.352 e. The summed E-state index contributed by atoms with van der Waals surface area (Å²) in [7, 11) is 1.67. The summed E-state index contributed by atoms with van der Waals surface area (Å²) in [5.41, 5.74) is 0.740. The average molecular weight is 434 g/mol. The van der Waals surface area contributed by atoms with Gasteiger partial charge in [-0.25, -0.2) is 0 Å². The normalized spacial score (nSPS) is 10.5. The van der Waals surface area contributed by atoms with Crippen LogP contribution in [-0.2, 0) is 0 Å². The van der Waals surface area contributed by atoms with Crippen LogP contribution in [-0.4, -0.2) is 36.9 Å². The summed E-state index contributed by atoms with van der Waals surface area (Å²) in [5.74, 6) is -0.500. The maximum atomic E-state index is 12.4. The molecule has 0 spiro atoms. The number of rotatable bonds is 6. The minimum atomic E-state index is -0.290. The molecule has 0 aliphatic rings. The molecule has 2 aromatic carbocycles. The summed E-state index contributed by atoms with van der Waals surface area (Å²) < 4.78 is 0. The van der Waals surface area contributed by atoms with Gasteiger partial charge in [-0.1, -0.05) is 46.4 Å². The first kappa shape index (κ1) is 20.8. The summed E-state index contributed by atoms with van der Waals surface area (Å²) in [5, 5.41) is 4.30. The van der Waals surface area contributed by atoms with Crippen molar-refractivity contribution in [3.05, 3.63) is 67.6 Å².